The minimum Gasteiger partial charge on any atom is -0.337 e. The van der Waals surface area contributed by atoms with Gasteiger partial charge in [0.15, 0.2) is 0 Å². The van der Waals surface area contributed by atoms with Crippen molar-refractivity contribution in [1.82, 2.24) is 4.57 Å². The highest BCUT2D eigenvalue weighted by Crippen LogP contribution is 2.21. The van der Waals surface area contributed by atoms with Gasteiger partial charge in [0.25, 0.3) is 0 Å². The van der Waals surface area contributed by atoms with E-state index in [2.05, 4.69) is 11.4 Å². The maximum absolute atomic E-state index is 12.4. The standard InChI is InChI=1S/C19H17N3O/c1-13-7-8-14(2)17(9-13)21-19(23)12-22-11-15(10-20)16-5-3-4-6-18(16)22/h3-9,11H,12H2,1-2H3,(H,21,23). The molecule has 2 aromatic carbocycles. The zero-order valence-corrected chi connectivity index (χ0v) is 13.1. The molecule has 0 spiro atoms. The van der Waals surface area contributed by atoms with Crippen molar-refractivity contribution in [2.24, 2.45) is 0 Å². The third kappa shape index (κ3) is 2.95. The van der Waals surface area contributed by atoms with E-state index in [4.69, 9.17) is 0 Å². The molecular formula is C19H17N3O. The first kappa shape index (κ1) is 14.9. The lowest BCUT2D eigenvalue weighted by Gasteiger charge is -2.10. The van der Waals surface area contributed by atoms with Crippen LogP contribution in [-0.2, 0) is 11.3 Å². The fraction of sp³-hybridized carbons (Fsp3) is 0.158. The summed E-state index contributed by atoms with van der Waals surface area (Å²) in [6, 6.07) is 15.8. The molecule has 1 amide bonds. The molecule has 0 bridgehead atoms. The van der Waals surface area contributed by atoms with Gasteiger partial charge in [-0.3, -0.25) is 4.79 Å². The van der Waals surface area contributed by atoms with Crippen molar-refractivity contribution in [3.05, 3.63) is 65.4 Å². The lowest BCUT2D eigenvalue weighted by molar-refractivity contribution is -0.116. The van der Waals surface area contributed by atoms with Gasteiger partial charge in [0.05, 0.1) is 5.56 Å². The van der Waals surface area contributed by atoms with Crippen molar-refractivity contribution in [3.8, 4) is 6.07 Å². The van der Waals surface area contributed by atoms with E-state index in [1.807, 2.05) is 60.9 Å². The molecule has 23 heavy (non-hydrogen) atoms. The number of aryl methyl sites for hydroxylation is 2. The summed E-state index contributed by atoms with van der Waals surface area (Å²) < 4.78 is 1.81. The Balaban J connectivity index is 1.86. The van der Waals surface area contributed by atoms with Crippen LogP contribution in [-0.4, -0.2) is 10.5 Å². The molecule has 0 saturated heterocycles. The van der Waals surface area contributed by atoms with Crippen LogP contribution in [0.1, 0.15) is 16.7 Å². The molecule has 0 aliphatic rings. The number of anilines is 1. The highest BCUT2D eigenvalue weighted by Gasteiger charge is 2.11. The molecule has 0 fully saturated rings. The van der Waals surface area contributed by atoms with E-state index in [0.717, 1.165) is 27.7 Å². The number of benzene rings is 2. The Morgan fingerprint density at radius 3 is 2.78 bits per heavy atom. The van der Waals surface area contributed by atoms with Gasteiger partial charge < -0.3 is 9.88 Å². The number of amides is 1. The van der Waals surface area contributed by atoms with Crippen LogP contribution in [0.4, 0.5) is 5.69 Å². The SMILES string of the molecule is Cc1ccc(C)c(NC(=O)Cn2cc(C#N)c3ccccc32)c1. The molecule has 0 aliphatic carbocycles. The van der Waals surface area contributed by atoms with Crippen LogP contribution in [0.5, 0.6) is 0 Å². The number of fused-ring (bicyclic) bond motifs is 1. The summed E-state index contributed by atoms with van der Waals surface area (Å²) in [6.45, 7) is 4.14. The molecule has 0 radical (unpaired) electrons. The Morgan fingerprint density at radius 2 is 2.00 bits per heavy atom. The van der Waals surface area contributed by atoms with E-state index in [1.165, 1.54) is 0 Å². The van der Waals surface area contributed by atoms with Crippen molar-refractivity contribution >= 4 is 22.5 Å². The monoisotopic (exact) mass is 303 g/mol. The minimum absolute atomic E-state index is 0.107. The Hall–Kier alpha value is -3.06. The molecule has 3 rings (SSSR count). The van der Waals surface area contributed by atoms with Crippen molar-refractivity contribution in [2.45, 2.75) is 20.4 Å². The number of hydrogen-bond acceptors (Lipinski definition) is 2. The summed E-state index contributed by atoms with van der Waals surface area (Å²) in [7, 11) is 0. The summed E-state index contributed by atoms with van der Waals surface area (Å²) in [4.78, 5) is 12.4. The van der Waals surface area contributed by atoms with Gasteiger partial charge in [-0.2, -0.15) is 5.26 Å². The molecule has 0 aliphatic heterocycles. The molecule has 1 aromatic heterocycles. The van der Waals surface area contributed by atoms with Crippen LogP contribution < -0.4 is 5.32 Å². The minimum atomic E-state index is -0.107. The maximum Gasteiger partial charge on any atom is 0.244 e. The maximum atomic E-state index is 12.4. The second-order valence-corrected chi connectivity index (χ2v) is 5.67. The van der Waals surface area contributed by atoms with E-state index in [9.17, 15) is 10.1 Å². The molecule has 114 valence electrons. The summed E-state index contributed by atoms with van der Waals surface area (Å²) in [5, 5.41) is 13.0. The first-order chi connectivity index (χ1) is 11.1. The predicted octanol–water partition coefficient (Wildman–Crippen LogP) is 3.77. The van der Waals surface area contributed by atoms with Crippen LogP contribution >= 0.6 is 0 Å². The van der Waals surface area contributed by atoms with Gasteiger partial charge in [-0.1, -0.05) is 30.3 Å². The van der Waals surface area contributed by atoms with E-state index < -0.39 is 0 Å². The molecular weight excluding hydrogens is 286 g/mol. The molecule has 0 unspecified atom stereocenters. The number of nitrogens with one attached hydrogen (secondary N) is 1. The zero-order chi connectivity index (χ0) is 16.4. The fourth-order valence-electron chi connectivity index (χ4n) is 2.68. The predicted molar refractivity (Wildman–Crippen MR) is 91.2 cm³/mol. The van der Waals surface area contributed by atoms with Crippen LogP contribution in [0.3, 0.4) is 0 Å². The number of para-hydroxylation sites is 1. The molecule has 0 atom stereocenters. The molecule has 3 aromatic rings. The number of carbonyl (C=O) groups excluding carboxylic acids is 1. The second-order valence-electron chi connectivity index (χ2n) is 5.67. The molecule has 4 nitrogen and oxygen atoms in total. The van der Waals surface area contributed by atoms with Gasteiger partial charge >= 0.3 is 0 Å². The quantitative estimate of drug-likeness (QED) is 0.800. The lowest BCUT2D eigenvalue weighted by atomic mass is 10.1. The van der Waals surface area contributed by atoms with Gasteiger partial charge in [-0.25, -0.2) is 0 Å². The Kier molecular flexibility index (Phi) is 3.86. The molecule has 1 heterocycles. The largest absolute Gasteiger partial charge is 0.337 e. The van der Waals surface area contributed by atoms with Crippen molar-refractivity contribution in [2.75, 3.05) is 5.32 Å². The second kappa shape index (κ2) is 5.98. The summed E-state index contributed by atoms with van der Waals surface area (Å²) in [6.07, 6.45) is 1.73. The average molecular weight is 303 g/mol. The number of nitriles is 1. The molecule has 4 heteroatoms. The van der Waals surface area contributed by atoms with E-state index in [0.29, 0.717) is 5.56 Å². The van der Waals surface area contributed by atoms with Crippen LogP contribution in [0.25, 0.3) is 10.9 Å². The van der Waals surface area contributed by atoms with Gasteiger partial charge in [-0.05, 0) is 37.1 Å². The van der Waals surface area contributed by atoms with E-state index >= 15 is 0 Å². The van der Waals surface area contributed by atoms with Crippen molar-refractivity contribution in [3.63, 3.8) is 0 Å². The number of nitrogens with zero attached hydrogens (tertiary/aromatic N) is 2. The zero-order valence-electron chi connectivity index (χ0n) is 13.1. The molecule has 0 saturated carbocycles. The first-order valence-corrected chi connectivity index (χ1v) is 7.43. The lowest BCUT2D eigenvalue weighted by Crippen LogP contribution is -2.18. The van der Waals surface area contributed by atoms with Gasteiger partial charge in [-0.15, -0.1) is 0 Å². The summed E-state index contributed by atoms with van der Waals surface area (Å²) in [5.41, 5.74) is 4.43. The Morgan fingerprint density at radius 1 is 1.22 bits per heavy atom. The number of rotatable bonds is 3. The van der Waals surface area contributed by atoms with E-state index in [-0.39, 0.29) is 12.5 Å². The topological polar surface area (TPSA) is 57.8 Å². The van der Waals surface area contributed by atoms with Gasteiger partial charge in [0.1, 0.15) is 12.6 Å². The van der Waals surface area contributed by atoms with E-state index in [1.54, 1.807) is 6.20 Å². The average Bonchev–Trinajstić information content (AvgIpc) is 2.89. The van der Waals surface area contributed by atoms with Crippen LogP contribution in [0.2, 0.25) is 0 Å². The third-order valence-corrected chi connectivity index (χ3v) is 3.89. The van der Waals surface area contributed by atoms with Gasteiger partial charge in [0, 0.05) is 22.8 Å². The van der Waals surface area contributed by atoms with Crippen molar-refractivity contribution in [1.29, 1.82) is 5.26 Å². The fourth-order valence-corrected chi connectivity index (χ4v) is 2.68. The number of carbonyl (C=O) groups is 1. The van der Waals surface area contributed by atoms with Crippen LogP contribution in [0.15, 0.2) is 48.7 Å². The van der Waals surface area contributed by atoms with Gasteiger partial charge in [0.2, 0.25) is 5.91 Å². The van der Waals surface area contributed by atoms with Crippen LogP contribution in [0, 0.1) is 25.2 Å². The number of hydrogen-bond donors (Lipinski definition) is 1. The Bertz CT molecular complexity index is 931. The highest BCUT2D eigenvalue weighted by molar-refractivity contribution is 5.93. The third-order valence-electron chi connectivity index (χ3n) is 3.89. The summed E-state index contributed by atoms with van der Waals surface area (Å²) in [5.74, 6) is -0.107. The smallest absolute Gasteiger partial charge is 0.244 e. The number of aromatic nitrogens is 1. The van der Waals surface area contributed by atoms with Crippen molar-refractivity contribution < 1.29 is 4.79 Å². The highest BCUT2D eigenvalue weighted by atomic mass is 16.1. The normalized spacial score (nSPS) is 10.5. The molecule has 1 N–H and O–H groups in total. The summed E-state index contributed by atoms with van der Waals surface area (Å²) >= 11 is 0. The Labute approximate surface area is 135 Å². The first-order valence-electron chi connectivity index (χ1n) is 7.43.